The summed E-state index contributed by atoms with van der Waals surface area (Å²) >= 11 is 0. The lowest BCUT2D eigenvalue weighted by Crippen LogP contribution is -2.38. The highest BCUT2D eigenvalue weighted by molar-refractivity contribution is 5.96. The zero-order valence-electron chi connectivity index (χ0n) is 12.8. The van der Waals surface area contributed by atoms with Gasteiger partial charge in [0.15, 0.2) is 5.78 Å². The van der Waals surface area contributed by atoms with E-state index in [9.17, 15) is 24.5 Å². The molecule has 0 aliphatic heterocycles. The van der Waals surface area contributed by atoms with Gasteiger partial charge in [0.2, 0.25) is 0 Å². The van der Waals surface area contributed by atoms with Crippen LogP contribution in [-0.2, 0) is 16.1 Å². The maximum atomic E-state index is 11.6. The molecule has 1 aromatic carbocycles. The molecule has 2 amide bonds. The van der Waals surface area contributed by atoms with Crippen molar-refractivity contribution in [1.29, 1.82) is 0 Å². The van der Waals surface area contributed by atoms with E-state index in [1.807, 2.05) is 0 Å². The van der Waals surface area contributed by atoms with Crippen LogP contribution >= 0.6 is 0 Å². The number of urea groups is 1. The molecular weight excluding hydrogens is 306 g/mol. The topological polar surface area (TPSA) is 128 Å². The number of nitro benzene ring substituents is 1. The van der Waals surface area contributed by atoms with Crippen molar-refractivity contribution in [2.75, 3.05) is 13.2 Å². The van der Waals surface area contributed by atoms with Crippen LogP contribution in [0.2, 0.25) is 0 Å². The summed E-state index contributed by atoms with van der Waals surface area (Å²) < 4.78 is 4.65. The molecule has 0 spiro atoms. The van der Waals surface area contributed by atoms with Gasteiger partial charge in [0.05, 0.1) is 11.5 Å². The molecule has 0 radical (unpaired) electrons. The smallest absolute Gasteiger partial charge is 0.325 e. The van der Waals surface area contributed by atoms with E-state index in [2.05, 4.69) is 15.4 Å². The number of carbonyl (C=O) groups excluding carboxylic acids is 3. The zero-order chi connectivity index (χ0) is 17.4. The number of ether oxygens (including phenoxy) is 1. The van der Waals surface area contributed by atoms with Crippen LogP contribution < -0.4 is 10.6 Å². The number of ketones is 1. The van der Waals surface area contributed by atoms with Gasteiger partial charge in [0, 0.05) is 24.2 Å². The van der Waals surface area contributed by atoms with Crippen molar-refractivity contribution in [3.8, 4) is 0 Å². The highest BCUT2D eigenvalue weighted by atomic mass is 16.6. The van der Waals surface area contributed by atoms with E-state index < -0.39 is 16.9 Å². The molecule has 0 atom stereocenters. The van der Waals surface area contributed by atoms with Crippen molar-refractivity contribution in [1.82, 2.24) is 10.6 Å². The second-order valence-corrected chi connectivity index (χ2v) is 4.50. The first-order chi connectivity index (χ1) is 10.8. The first kappa shape index (κ1) is 18.1. The number of hydrogen-bond acceptors (Lipinski definition) is 6. The van der Waals surface area contributed by atoms with E-state index >= 15 is 0 Å². The Morgan fingerprint density at radius 1 is 1.26 bits per heavy atom. The van der Waals surface area contributed by atoms with E-state index in [4.69, 9.17) is 0 Å². The number of nitrogens with zero attached hydrogens (tertiary/aromatic N) is 1. The molecule has 9 heteroatoms. The van der Waals surface area contributed by atoms with Gasteiger partial charge in [-0.2, -0.15) is 0 Å². The lowest BCUT2D eigenvalue weighted by Gasteiger charge is -2.10. The second-order valence-electron chi connectivity index (χ2n) is 4.50. The first-order valence-corrected chi connectivity index (χ1v) is 6.80. The molecule has 0 fully saturated rings. The molecule has 0 unspecified atom stereocenters. The Balaban J connectivity index is 2.66. The van der Waals surface area contributed by atoms with Crippen molar-refractivity contribution in [3.05, 3.63) is 39.4 Å². The molecule has 2 N–H and O–H groups in total. The summed E-state index contributed by atoms with van der Waals surface area (Å²) in [6.07, 6.45) is 0. The molecule has 0 aliphatic rings. The minimum absolute atomic E-state index is 0.0123. The fraction of sp³-hybridized carbons (Fsp3) is 0.357. The number of non-ortho nitro benzene ring substituents is 1. The molecule has 0 saturated carbocycles. The Morgan fingerprint density at radius 2 is 1.96 bits per heavy atom. The fourth-order valence-corrected chi connectivity index (χ4v) is 1.76. The maximum absolute atomic E-state index is 11.6. The summed E-state index contributed by atoms with van der Waals surface area (Å²) in [5.41, 5.74) is 0.394. The van der Waals surface area contributed by atoms with Crippen molar-refractivity contribution in [3.63, 3.8) is 0 Å². The van der Waals surface area contributed by atoms with Crippen molar-refractivity contribution < 1.29 is 24.0 Å². The van der Waals surface area contributed by atoms with Gasteiger partial charge in [0.25, 0.3) is 5.69 Å². The Morgan fingerprint density at radius 3 is 2.52 bits per heavy atom. The van der Waals surface area contributed by atoms with E-state index in [-0.39, 0.29) is 36.7 Å². The fourth-order valence-electron chi connectivity index (χ4n) is 1.76. The van der Waals surface area contributed by atoms with Crippen LogP contribution in [0.1, 0.15) is 29.8 Å². The summed E-state index contributed by atoms with van der Waals surface area (Å²) in [5, 5.41) is 15.5. The number of benzene rings is 1. The van der Waals surface area contributed by atoms with E-state index in [1.54, 1.807) is 6.92 Å². The highest BCUT2D eigenvalue weighted by Gasteiger charge is 2.14. The third-order valence-corrected chi connectivity index (χ3v) is 2.82. The van der Waals surface area contributed by atoms with Crippen LogP contribution in [0.4, 0.5) is 10.5 Å². The van der Waals surface area contributed by atoms with E-state index in [0.29, 0.717) is 5.56 Å². The summed E-state index contributed by atoms with van der Waals surface area (Å²) in [7, 11) is 0. The molecule has 0 aromatic heterocycles. The van der Waals surface area contributed by atoms with E-state index in [0.717, 1.165) is 6.07 Å². The van der Waals surface area contributed by atoms with Crippen molar-refractivity contribution in [2.24, 2.45) is 0 Å². The molecule has 124 valence electrons. The molecule has 1 aromatic rings. The van der Waals surface area contributed by atoms with Crippen molar-refractivity contribution >= 4 is 23.5 Å². The number of Topliss-reactive ketones (excluding diaryl/α,β-unsaturated/α-hetero) is 1. The largest absolute Gasteiger partial charge is 0.465 e. The van der Waals surface area contributed by atoms with Crippen LogP contribution in [0, 0.1) is 10.1 Å². The van der Waals surface area contributed by atoms with Gasteiger partial charge < -0.3 is 15.4 Å². The summed E-state index contributed by atoms with van der Waals surface area (Å²) in [6, 6.07) is 3.20. The molecule has 9 nitrogen and oxygen atoms in total. The molecular formula is C14H17N3O6. The third kappa shape index (κ3) is 5.73. The summed E-state index contributed by atoms with van der Waals surface area (Å²) in [4.78, 5) is 44.3. The van der Waals surface area contributed by atoms with E-state index in [1.165, 1.54) is 19.1 Å². The Kier molecular flexibility index (Phi) is 6.66. The molecule has 0 bridgehead atoms. The Hall–Kier alpha value is -2.97. The van der Waals surface area contributed by atoms with Gasteiger partial charge in [-0.25, -0.2) is 4.79 Å². The SMILES string of the molecule is CCOC(=O)CNC(=O)NCc1ccc([N+](=O)[O-])cc1C(C)=O. The predicted molar refractivity (Wildman–Crippen MR) is 80.0 cm³/mol. The van der Waals surface area contributed by atoms with Gasteiger partial charge in [-0.3, -0.25) is 19.7 Å². The van der Waals surface area contributed by atoms with Crippen molar-refractivity contribution in [2.45, 2.75) is 20.4 Å². The average Bonchev–Trinajstić information content (AvgIpc) is 2.50. The monoisotopic (exact) mass is 323 g/mol. The normalized spacial score (nSPS) is 9.83. The van der Waals surface area contributed by atoms with Gasteiger partial charge in [-0.1, -0.05) is 0 Å². The Bertz CT molecular complexity index is 629. The van der Waals surface area contributed by atoms with Gasteiger partial charge in [-0.15, -0.1) is 0 Å². The van der Waals surface area contributed by atoms with Gasteiger partial charge in [-0.05, 0) is 25.5 Å². The molecule has 23 heavy (non-hydrogen) atoms. The maximum Gasteiger partial charge on any atom is 0.325 e. The van der Waals surface area contributed by atoms with Crippen LogP contribution in [0.15, 0.2) is 18.2 Å². The molecule has 0 heterocycles. The number of rotatable bonds is 7. The predicted octanol–water partition coefficient (Wildman–Crippen LogP) is 1.16. The molecule has 1 rings (SSSR count). The molecule has 0 aliphatic carbocycles. The second kappa shape index (κ2) is 8.47. The lowest BCUT2D eigenvalue weighted by molar-refractivity contribution is -0.384. The highest BCUT2D eigenvalue weighted by Crippen LogP contribution is 2.18. The standard InChI is InChI=1S/C14H17N3O6/c1-3-23-13(19)8-16-14(20)15-7-10-4-5-11(17(21)22)6-12(10)9(2)18/h4-6H,3,7-8H2,1-2H3,(H2,15,16,20). The summed E-state index contributed by atoms with van der Waals surface area (Å²) in [5.74, 6) is -0.917. The minimum Gasteiger partial charge on any atom is -0.465 e. The van der Waals surface area contributed by atoms with Crippen LogP contribution in [0.25, 0.3) is 0 Å². The minimum atomic E-state index is -0.620. The lowest BCUT2D eigenvalue weighted by atomic mass is 10.0. The third-order valence-electron chi connectivity index (χ3n) is 2.82. The quantitative estimate of drug-likeness (QED) is 0.335. The summed E-state index contributed by atoms with van der Waals surface area (Å²) in [6.45, 7) is 2.85. The number of amides is 2. The number of nitrogens with one attached hydrogen (secondary N) is 2. The van der Waals surface area contributed by atoms with Crippen LogP contribution in [-0.4, -0.2) is 35.9 Å². The van der Waals surface area contributed by atoms with Gasteiger partial charge in [0.1, 0.15) is 6.54 Å². The number of carbonyl (C=O) groups is 3. The number of esters is 1. The van der Waals surface area contributed by atoms with Crippen LogP contribution in [0.5, 0.6) is 0 Å². The average molecular weight is 323 g/mol. The van der Waals surface area contributed by atoms with Crippen LogP contribution in [0.3, 0.4) is 0 Å². The first-order valence-electron chi connectivity index (χ1n) is 6.80. The Labute approximate surface area is 132 Å². The number of hydrogen-bond donors (Lipinski definition) is 2. The molecule has 0 saturated heterocycles. The van der Waals surface area contributed by atoms with Gasteiger partial charge >= 0.3 is 12.0 Å². The number of nitro groups is 1. The zero-order valence-corrected chi connectivity index (χ0v) is 12.8.